The minimum atomic E-state index is -0.136. The highest BCUT2D eigenvalue weighted by Gasteiger charge is 2.25. The number of fused-ring (bicyclic) bond motifs is 2. The molecule has 4 aromatic rings. The van der Waals surface area contributed by atoms with Gasteiger partial charge >= 0.3 is 0 Å². The molecule has 4 heteroatoms. The van der Waals surface area contributed by atoms with Gasteiger partial charge in [-0.05, 0) is 44.0 Å². The second-order valence-corrected chi connectivity index (χ2v) is 8.73. The van der Waals surface area contributed by atoms with Gasteiger partial charge in [0, 0.05) is 22.4 Å². The predicted molar refractivity (Wildman–Crippen MR) is 105 cm³/mol. The van der Waals surface area contributed by atoms with Crippen LogP contribution in [0.1, 0.15) is 45.9 Å². The molecule has 2 aromatic carbocycles. The number of aromatic nitrogens is 3. The van der Waals surface area contributed by atoms with E-state index in [9.17, 15) is 0 Å². The number of benzene rings is 2. The molecular formula is C22H25N3O. The lowest BCUT2D eigenvalue weighted by atomic mass is 9.89. The van der Waals surface area contributed by atoms with E-state index in [-0.39, 0.29) is 11.0 Å². The van der Waals surface area contributed by atoms with Gasteiger partial charge < -0.3 is 4.52 Å². The maximum Gasteiger partial charge on any atom is 0.149 e. The molecule has 0 bridgehead atoms. The van der Waals surface area contributed by atoms with Gasteiger partial charge in [0.2, 0.25) is 0 Å². The van der Waals surface area contributed by atoms with Crippen LogP contribution in [0.3, 0.4) is 0 Å². The Kier molecular flexibility index (Phi) is 3.69. The van der Waals surface area contributed by atoms with E-state index < -0.39 is 0 Å². The summed E-state index contributed by atoms with van der Waals surface area (Å²) in [5.74, 6) is 0.941. The van der Waals surface area contributed by atoms with Crippen LogP contribution in [0.2, 0.25) is 0 Å². The van der Waals surface area contributed by atoms with Gasteiger partial charge in [-0.25, -0.2) is 0 Å². The van der Waals surface area contributed by atoms with E-state index in [1.165, 1.54) is 10.9 Å². The fourth-order valence-corrected chi connectivity index (χ4v) is 3.49. The molecule has 134 valence electrons. The van der Waals surface area contributed by atoms with Crippen LogP contribution in [0, 0.1) is 0 Å². The summed E-state index contributed by atoms with van der Waals surface area (Å²) in [5.41, 5.74) is 3.00. The average molecular weight is 347 g/mol. The SMILES string of the molecule is CC(C)(C)c1onc2cc(CC(C)(C)n3cc4ccccc4n3)ccc12. The number of hydrogen-bond acceptors (Lipinski definition) is 3. The van der Waals surface area contributed by atoms with Crippen molar-refractivity contribution in [2.24, 2.45) is 0 Å². The Morgan fingerprint density at radius 3 is 2.46 bits per heavy atom. The van der Waals surface area contributed by atoms with Gasteiger partial charge in [-0.1, -0.05) is 50.2 Å². The molecule has 0 N–H and O–H groups in total. The summed E-state index contributed by atoms with van der Waals surface area (Å²) in [4.78, 5) is 0. The molecule has 4 nitrogen and oxygen atoms in total. The normalized spacial score (nSPS) is 13.0. The van der Waals surface area contributed by atoms with E-state index in [2.05, 4.69) is 81.0 Å². The zero-order valence-corrected chi connectivity index (χ0v) is 16.1. The Bertz CT molecular complexity index is 1050. The molecule has 0 aliphatic rings. The van der Waals surface area contributed by atoms with Crippen molar-refractivity contribution >= 4 is 21.8 Å². The quantitative estimate of drug-likeness (QED) is 0.495. The lowest BCUT2D eigenvalue weighted by Gasteiger charge is -2.25. The second kappa shape index (κ2) is 5.70. The van der Waals surface area contributed by atoms with E-state index in [0.29, 0.717) is 0 Å². The monoisotopic (exact) mass is 347 g/mol. The van der Waals surface area contributed by atoms with Crippen molar-refractivity contribution in [1.82, 2.24) is 14.9 Å². The van der Waals surface area contributed by atoms with Gasteiger partial charge in [0.25, 0.3) is 0 Å². The first-order valence-corrected chi connectivity index (χ1v) is 9.08. The molecule has 26 heavy (non-hydrogen) atoms. The summed E-state index contributed by atoms with van der Waals surface area (Å²) in [6, 6.07) is 14.7. The smallest absolute Gasteiger partial charge is 0.149 e. The number of nitrogens with zero attached hydrogens (tertiary/aromatic N) is 3. The number of hydrogen-bond donors (Lipinski definition) is 0. The maximum absolute atomic E-state index is 5.62. The Morgan fingerprint density at radius 1 is 0.962 bits per heavy atom. The predicted octanol–water partition coefficient (Wildman–Crippen LogP) is 5.45. The average Bonchev–Trinajstić information content (AvgIpc) is 3.18. The summed E-state index contributed by atoms with van der Waals surface area (Å²) >= 11 is 0. The molecule has 0 radical (unpaired) electrons. The van der Waals surface area contributed by atoms with Crippen LogP contribution in [0.25, 0.3) is 21.8 Å². The van der Waals surface area contributed by atoms with Crippen molar-refractivity contribution in [2.75, 3.05) is 0 Å². The largest absolute Gasteiger partial charge is 0.360 e. The van der Waals surface area contributed by atoms with Gasteiger partial charge in [-0.3, -0.25) is 4.68 Å². The summed E-state index contributed by atoms with van der Waals surface area (Å²) in [6.45, 7) is 10.9. The highest BCUT2D eigenvalue weighted by molar-refractivity contribution is 5.82. The van der Waals surface area contributed by atoms with Crippen molar-refractivity contribution < 1.29 is 4.52 Å². The van der Waals surface area contributed by atoms with E-state index in [1.807, 2.05) is 12.1 Å². The molecular weight excluding hydrogens is 322 g/mol. The van der Waals surface area contributed by atoms with Gasteiger partial charge in [0.1, 0.15) is 11.3 Å². The molecule has 0 unspecified atom stereocenters. The summed E-state index contributed by atoms with van der Waals surface area (Å²) in [5, 5.41) is 11.3. The minimum Gasteiger partial charge on any atom is -0.360 e. The molecule has 4 rings (SSSR count). The lowest BCUT2D eigenvalue weighted by Crippen LogP contribution is -2.29. The Balaban J connectivity index is 1.67. The van der Waals surface area contributed by atoms with E-state index in [4.69, 9.17) is 9.62 Å². The first-order valence-electron chi connectivity index (χ1n) is 9.08. The Hall–Kier alpha value is -2.62. The molecule has 0 aliphatic carbocycles. The van der Waals surface area contributed by atoms with E-state index in [1.54, 1.807) is 0 Å². The molecule has 0 atom stereocenters. The van der Waals surface area contributed by atoms with Crippen molar-refractivity contribution in [2.45, 2.75) is 52.0 Å². The summed E-state index contributed by atoms with van der Waals surface area (Å²) < 4.78 is 7.70. The molecule has 0 aliphatic heterocycles. The van der Waals surface area contributed by atoms with Crippen molar-refractivity contribution in [3.8, 4) is 0 Å². The van der Waals surface area contributed by atoms with Crippen molar-refractivity contribution in [3.63, 3.8) is 0 Å². The van der Waals surface area contributed by atoms with E-state index >= 15 is 0 Å². The van der Waals surface area contributed by atoms with Crippen LogP contribution in [0.5, 0.6) is 0 Å². The third-order valence-electron chi connectivity index (χ3n) is 4.89. The van der Waals surface area contributed by atoms with Crippen LogP contribution in [0.15, 0.2) is 53.2 Å². The van der Waals surface area contributed by atoms with Gasteiger partial charge in [0.15, 0.2) is 0 Å². The fourth-order valence-electron chi connectivity index (χ4n) is 3.49. The van der Waals surface area contributed by atoms with Gasteiger partial charge in [-0.15, -0.1) is 0 Å². The topological polar surface area (TPSA) is 43.9 Å². The molecule has 0 saturated carbocycles. The molecule has 0 saturated heterocycles. The zero-order chi connectivity index (χ0) is 18.5. The van der Waals surface area contributed by atoms with E-state index in [0.717, 1.165) is 28.6 Å². The highest BCUT2D eigenvalue weighted by Crippen LogP contribution is 2.31. The van der Waals surface area contributed by atoms with Crippen LogP contribution < -0.4 is 0 Å². The molecule has 0 fully saturated rings. The van der Waals surface area contributed by atoms with Crippen molar-refractivity contribution in [1.29, 1.82) is 0 Å². The van der Waals surface area contributed by atoms with Gasteiger partial charge in [0.05, 0.1) is 11.1 Å². The van der Waals surface area contributed by atoms with Crippen LogP contribution in [-0.4, -0.2) is 14.9 Å². The second-order valence-electron chi connectivity index (χ2n) is 8.73. The van der Waals surface area contributed by atoms with Crippen LogP contribution in [-0.2, 0) is 17.4 Å². The molecule has 2 heterocycles. The first-order chi connectivity index (χ1) is 12.2. The standard InChI is InChI=1S/C22H25N3O/c1-21(2,3)20-17-11-10-15(12-19(17)24-26-20)13-22(4,5)25-14-16-8-6-7-9-18(16)23-25/h6-12,14H,13H2,1-5H3. The van der Waals surface area contributed by atoms with Crippen molar-refractivity contribution in [3.05, 3.63) is 60.0 Å². The molecule has 2 aromatic heterocycles. The lowest BCUT2D eigenvalue weighted by molar-refractivity contribution is 0.319. The maximum atomic E-state index is 5.62. The van der Waals surface area contributed by atoms with Crippen LogP contribution >= 0.6 is 0 Å². The number of rotatable bonds is 3. The zero-order valence-electron chi connectivity index (χ0n) is 16.1. The van der Waals surface area contributed by atoms with Crippen LogP contribution in [0.4, 0.5) is 0 Å². The fraction of sp³-hybridized carbons (Fsp3) is 0.364. The summed E-state index contributed by atoms with van der Waals surface area (Å²) in [6.07, 6.45) is 3.00. The highest BCUT2D eigenvalue weighted by atomic mass is 16.5. The molecule has 0 amide bonds. The third kappa shape index (κ3) is 2.90. The Morgan fingerprint density at radius 2 is 1.73 bits per heavy atom. The molecule has 0 spiro atoms. The van der Waals surface area contributed by atoms with Gasteiger partial charge in [-0.2, -0.15) is 5.10 Å². The summed E-state index contributed by atoms with van der Waals surface area (Å²) in [7, 11) is 0. The minimum absolute atomic E-state index is 0.0509. The Labute approximate surface area is 153 Å². The first kappa shape index (κ1) is 16.8. The third-order valence-corrected chi connectivity index (χ3v) is 4.89.